The summed E-state index contributed by atoms with van der Waals surface area (Å²) in [6.45, 7) is 2.33. The molecule has 1 atom stereocenters. The van der Waals surface area contributed by atoms with Crippen LogP contribution in [0.1, 0.15) is 44.1 Å². The Labute approximate surface area is 126 Å². The molecule has 1 aliphatic carbocycles. The van der Waals surface area contributed by atoms with E-state index in [1.165, 1.54) is 31.2 Å². The summed E-state index contributed by atoms with van der Waals surface area (Å²) in [4.78, 5) is 2.57. The van der Waals surface area contributed by atoms with Crippen LogP contribution in [0.15, 0.2) is 24.3 Å². The molecule has 2 fully saturated rings. The van der Waals surface area contributed by atoms with Gasteiger partial charge < -0.3 is 5.11 Å². The minimum atomic E-state index is -0.260. The van der Waals surface area contributed by atoms with Gasteiger partial charge >= 0.3 is 0 Å². The molecule has 0 radical (unpaired) electrons. The van der Waals surface area contributed by atoms with Crippen LogP contribution in [0.4, 0.5) is 0 Å². The molecule has 1 aliphatic heterocycles. The first kappa shape index (κ1) is 14.4. The summed E-state index contributed by atoms with van der Waals surface area (Å²) in [6, 6.07) is 7.91. The predicted octanol–water partition coefficient (Wildman–Crippen LogP) is 3.65. The minimum Gasteiger partial charge on any atom is -0.391 e. The maximum Gasteiger partial charge on any atom is 0.0764 e. The van der Waals surface area contributed by atoms with E-state index in [1.807, 2.05) is 24.3 Å². The van der Waals surface area contributed by atoms with Gasteiger partial charge in [0.15, 0.2) is 0 Å². The summed E-state index contributed by atoms with van der Waals surface area (Å²) < 4.78 is 0. The van der Waals surface area contributed by atoms with Gasteiger partial charge in [-0.15, -0.1) is 0 Å². The Morgan fingerprint density at radius 3 is 2.25 bits per heavy atom. The van der Waals surface area contributed by atoms with E-state index in [0.29, 0.717) is 0 Å². The molecule has 2 aliphatic rings. The lowest BCUT2D eigenvalue weighted by molar-refractivity contribution is -0.0171. The number of aliphatic hydroxyl groups is 1. The fourth-order valence-corrected chi connectivity index (χ4v) is 4.17. The second kappa shape index (κ2) is 6.05. The van der Waals surface area contributed by atoms with Crippen LogP contribution in [0.2, 0.25) is 5.02 Å². The molecule has 3 rings (SSSR count). The summed E-state index contributed by atoms with van der Waals surface area (Å²) in [5, 5.41) is 11.7. The molecular formula is C17H24ClNO. The number of rotatable bonds is 4. The fraction of sp³-hybridized carbons (Fsp3) is 0.647. The minimum absolute atomic E-state index is 0.0378. The molecule has 1 unspecified atom stereocenters. The van der Waals surface area contributed by atoms with E-state index in [-0.39, 0.29) is 11.6 Å². The van der Waals surface area contributed by atoms with Gasteiger partial charge in [-0.05, 0) is 56.5 Å². The number of likely N-dealkylation sites (tertiary alicyclic amines) is 1. The molecule has 0 spiro atoms. The van der Waals surface area contributed by atoms with Gasteiger partial charge in [0, 0.05) is 17.0 Å². The Balaban J connectivity index is 1.75. The van der Waals surface area contributed by atoms with Crippen LogP contribution >= 0.6 is 11.6 Å². The van der Waals surface area contributed by atoms with Crippen molar-refractivity contribution < 1.29 is 5.11 Å². The smallest absolute Gasteiger partial charge is 0.0764 e. The van der Waals surface area contributed by atoms with Gasteiger partial charge in [0.1, 0.15) is 0 Å². The van der Waals surface area contributed by atoms with Gasteiger partial charge in [0.05, 0.1) is 6.10 Å². The van der Waals surface area contributed by atoms with Crippen LogP contribution in [0, 0.1) is 0 Å². The molecule has 0 amide bonds. The number of halogens is 1. The largest absolute Gasteiger partial charge is 0.391 e. The van der Waals surface area contributed by atoms with Crippen LogP contribution < -0.4 is 0 Å². The molecule has 0 bridgehead atoms. The molecule has 1 aromatic carbocycles. The van der Waals surface area contributed by atoms with E-state index in [9.17, 15) is 5.11 Å². The van der Waals surface area contributed by atoms with Gasteiger partial charge in [-0.25, -0.2) is 0 Å². The van der Waals surface area contributed by atoms with Crippen molar-refractivity contribution in [3.05, 3.63) is 34.9 Å². The van der Waals surface area contributed by atoms with Crippen molar-refractivity contribution in [1.29, 1.82) is 0 Å². The highest BCUT2D eigenvalue weighted by Gasteiger charge is 2.45. The van der Waals surface area contributed by atoms with Gasteiger partial charge in [0.2, 0.25) is 0 Å². The summed E-state index contributed by atoms with van der Waals surface area (Å²) >= 11 is 5.94. The van der Waals surface area contributed by atoms with Crippen LogP contribution in [-0.2, 0) is 6.42 Å². The first-order chi connectivity index (χ1) is 9.71. The molecule has 2 nitrogen and oxygen atoms in total. The molecule has 1 saturated carbocycles. The first-order valence-corrected chi connectivity index (χ1v) is 8.26. The van der Waals surface area contributed by atoms with Crippen molar-refractivity contribution in [2.45, 2.75) is 56.6 Å². The van der Waals surface area contributed by atoms with Gasteiger partial charge in [0.25, 0.3) is 0 Å². The highest BCUT2D eigenvalue weighted by Crippen LogP contribution is 2.41. The van der Waals surface area contributed by atoms with E-state index < -0.39 is 0 Å². The zero-order valence-electron chi connectivity index (χ0n) is 12.0. The lowest BCUT2D eigenvalue weighted by atomic mass is 9.85. The second-order valence-corrected chi connectivity index (χ2v) is 6.79. The molecule has 1 heterocycles. The van der Waals surface area contributed by atoms with E-state index in [4.69, 9.17) is 11.6 Å². The highest BCUT2D eigenvalue weighted by atomic mass is 35.5. The Morgan fingerprint density at radius 1 is 1.05 bits per heavy atom. The topological polar surface area (TPSA) is 23.5 Å². The van der Waals surface area contributed by atoms with Crippen LogP contribution in [0.25, 0.3) is 0 Å². The maximum atomic E-state index is 10.9. The molecule has 1 aromatic rings. The fourth-order valence-electron chi connectivity index (χ4n) is 4.04. The third-order valence-corrected chi connectivity index (χ3v) is 5.42. The average Bonchev–Trinajstić information content (AvgIpc) is 3.12. The summed E-state index contributed by atoms with van der Waals surface area (Å²) in [5.41, 5.74) is 1.23. The average molecular weight is 294 g/mol. The third-order valence-electron chi connectivity index (χ3n) is 5.17. The zero-order chi connectivity index (χ0) is 14.0. The van der Waals surface area contributed by atoms with Crippen molar-refractivity contribution >= 4 is 11.6 Å². The Hall–Kier alpha value is -0.570. The van der Waals surface area contributed by atoms with Crippen LogP contribution in [-0.4, -0.2) is 34.7 Å². The molecule has 1 N–H and O–H groups in total. The zero-order valence-corrected chi connectivity index (χ0v) is 12.8. The predicted molar refractivity (Wildman–Crippen MR) is 83.2 cm³/mol. The van der Waals surface area contributed by atoms with E-state index >= 15 is 0 Å². The number of hydrogen-bond acceptors (Lipinski definition) is 2. The van der Waals surface area contributed by atoms with Crippen LogP contribution in [0.3, 0.4) is 0 Å². The Kier molecular flexibility index (Phi) is 4.34. The van der Waals surface area contributed by atoms with Crippen molar-refractivity contribution in [3.63, 3.8) is 0 Å². The normalized spacial score (nSPS) is 24.1. The van der Waals surface area contributed by atoms with Crippen molar-refractivity contribution in [2.24, 2.45) is 0 Å². The van der Waals surface area contributed by atoms with Gasteiger partial charge in [-0.1, -0.05) is 36.6 Å². The molecule has 1 saturated heterocycles. The number of aliphatic hydroxyl groups excluding tert-OH is 1. The maximum absolute atomic E-state index is 10.9. The monoisotopic (exact) mass is 293 g/mol. The molecule has 20 heavy (non-hydrogen) atoms. The Morgan fingerprint density at radius 2 is 1.65 bits per heavy atom. The quantitative estimate of drug-likeness (QED) is 0.916. The van der Waals surface area contributed by atoms with Crippen molar-refractivity contribution in [2.75, 3.05) is 13.1 Å². The summed E-state index contributed by atoms with van der Waals surface area (Å²) in [7, 11) is 0. The van der Waals surface area contributed by atoms with Crippen LogP contribution in [0.5, 0.6) is 0 Å². The first-order valence-electron chi connectivity index (χ1n) is 7.88. The number of hydrogen-bond donors (Lipinski definition) is 1. The highest BCUT2D eigenvalue weighted by molar-refractivity contribution is 6.30. The second-order valence-electron chi connectivity index (χ2n) is 6.35. The lowest BCUT2D eigenvalue weighted by Crippen LogP contribution is -2.54. The molecule has 110 valence electrons. The SMILES string of the molecule is OC(Cc1ccc(Cl)cc1)C1(N2CCCC2)CCCC1. The third kappa shape index (κ3) is 2.74. The van der Waals surface area contributed by atoms with Crippen molar-refractivity contribution in [3.8, 4) is 0 Å². The molecule has 3 heteroatoms. The summed E-state index contributed by atoms with van der Waals surface area (Å²) in [5.74, 6) is 0. The number of benzene rings is 1. The van der Waals surface area contributed by atoms with Crippen molar-refractivity contribution in [1.82, 2.24) is 4.90 Å². The number of nitrogens with zero attached hydrogens (tertiary/aromatic N) is 1. The lowest BCUT2D eigenvalue weighted by Gasteiger charge is -2.42. The molecular weight excluding hydrogens is 270 g/mol. The Bertz CT molecular complexity index is 433. The summed E-state index contributed by atoms with van der Waals surface area (Å²) in [6.07, 6.45) is 7.88. The van der Waals surface area contributed by atoms with E-state index in [0.717, 1.165) is 37.4 Å². The van der Waals surface area contributed by atoms with E-state index in [1.54, 1.807) is 0 Å². The van der Waals surface area contributed by atoms with Gasteiger partial charge in [-0.2, -0.15) is 0 Å². The van der Waals surface area contributed by atoms with E-state index in [2.05, 4.69) is 4.90 Å². The van der Waals surface area contributed by atoms with Gasteiger partial charge in [-0.3, -0.25) is 4.90 Å². The molecule has 0 aromatic heterocycles. The standard InChI is InChI=1S/C17H24ClNO/c18-15-7-5-14(6-8-15)13-16(20)17(9-1-2-10-17)19-11-3-4-12-19/h5-8,16,20H,1-4,9-13H2.